The smallest absolute Gasteiger partial charge is 0.267 e. The average molecular weight is 246 g/mol. The Kier molecular flexibility index (Phi) is 4.69. The van der Waals surface area contributed by atoms with E-state index in [1.165, 1.54) is 26.4 Å². The first kappa shape index (κ1) is 13.7. The Hall–Kier alpha value is -1.36. The average Bonchev–Trinajstić information content (AvgIpc) is 2.27. The first-order chi connectivity index (χ1) is 7.99. The van der Waals surface area contributed by atoms with Crippen molar-refractivity contribution >= 4 is 0 Å². The molecule has 0 aliphatic rings. The van der Waals surface area contributed by atoms with Gasteiger partial charge in [0.1, 0.15) is 11.5 Å². The fourth-order valence-electron chi connectivity index (χ4n) is 1.64. The molecule has 1 aromatic rings. The van der Waals surface area contributed by atoms with Gasteiger partial charge in [-0.05, 0) is 18.6 Å². The second kappa shape index (κ2) is 5.82. The standard InChI is InChI=1S/C12H16F2O3/c1-7(15)4-8-5-9(12(13)14)11(17-3)6-10(8)16-2/h5-7,12,15H,4H2,1-3H3. The number of rotatable bonds is 5. The molecule has 1 rings (SSSR count). The van der Waals surface area contributed by atoms with E-state index in [0.717, 1.165) is 0 Å². The number of ether oxygens (including phenoxy) is 2. The fourth-order valence-corrected chi connectivity index (χ4v) is 1.64. The van der Waals surface area contributed by atoms with Crippen LogP contribution in [0.4, 0.5) is 8.78 Å². The summed E-state index contributed by atoms with van der Waals surface area (Å²) in [6, 6.07) is 2.73. The monoisotopic (exact) mass is 246 g/mol. The van der Waals surface area contributed by atoms with Crippen molar-refractivity contribution in [1.29, 1.82) is 0 Å². The third-order valence-corrected chi connectivity index (χ3v) is 2.38. The van der Waals surface area contributed by atoms with Crippen LogP contribution in [0.5, 0.6) is 11.5 Å². The minimum Gasteiger partial charge on any atom is -0.496 e. The Morgan fingerprint density at radius 2 is 1.76 bits per heavy atom. The van der Waals surface area contributed by atoms with Crippen LogP contribution in [0.1, 0.15) is 24.5 Å². The molecule has 3 nitrogen and oxygen atoms in total. The second-order valence-electron chi connectivity index (χ2n) is 3.76. The van der Waals surface area contributed by atoms with Crippen molar-refractivity contribution < 1.29 is 23.4 Å². The summed E-state index contributed by atoms with van der Waals surface area (Å²) < 4.78 is 35.5. The maximum atomic E-state index is 12.8. The van der Waals surface area contributed by atoms with Gasteiger partial charge in [0.25, 0.3) is 6.43 Å². The van der Waals surface area contributed by atoms with E-state index in [2.05, 4.69) is 0 Å². The topological polar surface area (TPSA) is 38.7 Å². The van der Waals surface area contributed by atoms with Gasteiger partial charge >= 0.3 is 0 Å². The SMILES string of the molecule is COc1cc(OC)c(C(F)F)cc1CC(C)O. The van der Waals surface area contributed by atoms with Crippen molar-refractivity contribution in [2.24, 2.45) is 0 Å². The zero-order valence-electron chi connectivity index (χ0n) is 10.0. The number of aliphatic hydroxyl groups excluding tert-OH is 1. The van der Waals surface area contributed by atoms with Gasteiger partial charge in [0.05, 0.1) is 25.9 Å². The predicted molar refractivity (Wildman–Crippen MR) is 59.9 cm³/mol. The minimum atomic E-state index is -2.62. The Morgan fingerprint density at radius 1 is 1.18 bits per heavy atom. The van der Waals surface area contributed by atoms with E-state index in [1.807, 2.05) is 0 Å². The molecule has 5 heteroatoms. The molecular formula is C12H16F2O3. The molecule has 0 heterocycles. The van der Waals surface area contributed by atoms with Gasteiger partial charge in [-0.15, -0.1) is 0 Å². The van der Waals surface area contributed by atoms with Crippen molar-refractivity contribution in [3.05, 3.63) is 23.3 Å². The van der Waals surface area contributed by atoms with Crippen LogP contribution < -0.4 is 9.47 Å². The predicted octanol–water partition coefficient (Wildman–Crippen LogP) is 2.56. The van der Waals surface area contributed by atoms with Crippen molar-refractivity contribution in [2.75, 3.05) is 14.2 Å². The lowest BCUT2D eigenvalue weighted by Gasteiger charge is -2.15. The quantitative estimate of drug-likeness (QED) is 0.867. The highest BCUT2D eigenvalue weighted by atomic mass is 19.3. The van der Waals surface area contributed by atoms with Crippen LogP contribution in [0.2, 0.25) is 0 Å². The van der Waals surface area contributed by atoms with Gasteiger partial charge in [0, 0.05) is 12.5 Å². The zero-order chi connectivity index (χ0) is 13.0. The molecular weight excluding hydrogens is 230 g/mol. The molecule has 0 aliphatic heterocycles. The molecule has 0 saturated carbocycles. The van der Waals surface area contributed by atoms with E-state index >= 15 is 0 Å². The number of halogens is 2. The van der Waals surface area contributed by atoms with Crippen molar-refractivity contribution in [3.8, 4) is 11.5 Å². The summed E-state index contributed by atoms with van der Waals surface area (Å²) in [5, 5.41) is 9.31. The number of aliphatic hydroxyl groups is 1. The van der Waals surface area contributed by atoms with Crippen LogP contribution >= 0.6 is 0 Å². The van der Waals surface area contributed by atoms with Crippen LogP contribution in [0.15, 0.2) is 12.1 Å². The van der Waals surface area contributed by atoms with E-state index < -0.39 is 12.5 Å². The van der Waals surface area contributed by atoms with Gasteiger partial charge in [-0.2, -0.15) is 0 Å². The molecule has 0 aliphatic carbocycles. The highest BCUT2D eigenvalue weighted by molar-refractivity contribution is 5.47. The maximum Gasteiger partial charge on any atom is 0.267 e. The van der Waals surface area contributed by atoms with Gasteiger partial charge in [0.15, 0.2) is 0 Å². The lowest BCUT2D eigenvalue weighted by Crippen LogP contribution is -2.07. The Morgan fingerprint density at radius 3 is 2.18 bits per heavy atom. The Balaban J connectivity index is 3.23. The van der Waals surface area contributed by atoms with E-state index in [-0.39, 0.29) is 17.7 Å². The molecule has 0 spiro atoms. The molecule has 0 radical (unpaired) electrons. The van der Waals surface area contributed by atoms with Gasteiger partial charge < -0.3 is 14.6 Å². The molecule has 0 saturated heterocycles. The van der Waals surface area contributed by atoms with Crippen LogP contribution in [-0.4, -0.2) is 25.4 Å². The molecule has 17 heavy (non-hydrogen) atoms. The van der Waals surface area contributed by atoms with Crippen LogP contribution in [-0.2, 0) is 6.42 Å². The van der Waals surface area contributed by atoms with Crippen molar-refractivity contribution in [3.63, 3.8) is 0 Å². The third kappa shape index (κ3) is 3.30. The summed E-state index contributed by atoms with van der Waals surface area (Å²) in [6.07, 6.45) is -2.99. The van der Waals surface area contributed by atoms with E-state index in [1.54, 1.807) is 6.92 Å². The molecule has 0 bridgehead atoms. The van der Waals surface area contributed by atoms with Crippen molar-refractivity contribution in [1.82, 2.24) is 0 Å². The van der Waals surface area contributed by atoms with Crippen LogP contribution in [0, 0.1) is 0 Å². The molecule has 0 fully saturated rings. The first-order valence-electron chi connectivity index (χ1n) is 5.20. The molecule has 0 amide bonds. The molecule has 0 aromatic heterocycles. The second-order valence-corrected chi connectivity index (χ2v) is 3.76. The lowest BCUT2D eigenvalue weighted by atomic mass is 10.0. The summed E-state index contributed by atoms with van der Waals surface area (Å²) in [6.45, 7) is 1.59. The van der Waals surface area contributed by atoms with E-state index in [4.69, 9.17) is 9.47 Å². The number of hydrogen-bond acceptors (Lipinski definition) is 3. The number of methoxy groups -OCH3 is 2. The van der Waals surface area contributed by atoms with E-state index in [0.29, 0.717) is 11.3 Å². The summed E-state index contributed by atoms with van der Waals surface area (Å²) in [4.78, 5) is 0. The summed E-state index contributed by atoms with van der Waals surface area (Å²) in [7, 11) is 2.78. The maximum absolute atomic E-state index is 12.8. The molecule has 1 unspecified atom stereocenters. The Labute approximate surface area is 99.0 Å². The molecule has 1 aromatic carbocycles. The van der Waals surface area contributed by atoms with Crippen LogP contribution in [0.25, 0.3) is 0 Å². The summed E-state index contributed by atoms with van der Waals surface area (Å²) >= 11 is 0. The molecule has 1 atom stereocenters. The van der Waals surface area contributed by atoms with Crippen molar-refractivity contribution in [2.45, 2.75) is 25.9 Å². The molecule has 96 valence electrons. The Bertz CT molecular complexity index is 378. The normalized spacial score (nSPS) is 12.6. The van der Waals surface area contributed by atoms with Gasteiger partial charge in [-0.3, -0.25) is 0 Å². The van der Waals surface area contributed by atoms with Gasteiger partial charge in [-0.1, -0.05) is 0 Å². The highest BCUT2D eigenvalue weighted by Crippen LogP contribution is 2.35. The minimum absolute atomic E-state index is 0.0891. The fraction of sp³-hybridized carbons (Fsp3) is 0.500. The highest BCUT2D eigenvalue weighted by Gasteiger charge is 2.18. The first-order valence-corrected chi connectivity index (χ1v) is 5.20. The molecule has 1 N–H and O–H groups in total. The third-order valence-electron chi connectivity index (χ3n) is 2.38. The lowest BCUT2D eigenvalue weighted by molar-refractivity contribution is 0.146. The zero-order valence-corrected chi connectivity index (χ0v) is 10.0. The number of hydrogen-bond donors (Lipinski definition) is 1. The van der Waals surface area contributed by atoms with Gasteiger partial charge in [0.2, 0.25) is 0 Å². The number of alkyl halides is 2. The largest absolute Gasteiger partial charge is 0.496 e. The number of benzene rings is 1. The summed E-state index contributed by atoms with van der Waals surface area (Å²) in [5.41, 5.74) is 0.350. The van der Waals surface area contributed by atoms with Gasteiger partial charge in [-0.25, -0.2) is 8.78 Å². The van der Waals surface area contributed by atoms with Crippen LogP contribution in [0.3, 0.4) is 0 Å². The summed E-state index contributed by atoms with van der Waals surface area (Å²) in [5.74, 6) is 0.526. The van der Waals surface area contributed by atoms with E-state index in [9.17, 15) is 13.9 Å².